The number of rotatable bonds is 1. The minimum atomic E-state index is -0.211. The standard InChI is InChI=1S/C11H10N2S/c1-11(7-14-8-13-11)10-5-3-2-4-9(10)6-12/h2-5,8H,7H2,1H3. The van der Waals surface area contributed by atoms with E-state index in [2.05, 4.69) is 18.0 Å². The van der Waals surface area contributed by atoms with E-state index in [0.29, 0.717) is 0 Å². The minimum Gasteiger partial charge on any atom is -0.274 e. The highest BCUT2D eigenvalue weighted by atomic mass is 32.2. The van der Waals surface area contributed by atoms with Gasteiger partial charge < -0.3 is 0 Å². The van der Waals surface area contributed by atoms with Gasteiger partial charge in [0, 0.05) is 5.75 Å². The largest absolute Gasteiger partial charge is 0.274 e. The first-order valence-corrected chi connectivity index (χ1v) is 5.46. The molecule has 0 bridgehead atoms. The average Bonchev–Trinajstić information content (AvgIpc) is 2.66. The van der Waals surface area contributed by atoms with E-state index in [9.17, 15) is 0 Å². The summed E-state index contributed by atoms with van der Waals surface area (Å²) >= 11 is 1.69. The summed E-state index contributed by atoms with van der Waals surface area (Å²) in [6.07, 6.45) is 0. The highest BCUT2D eigenvalue weighted by Gasteiger charge is 2.30. The van der Waals surface area contributed by atoms with E-state index in [4.69, 9.17) is 5.26 Å². The van der Waals surface area contributed by atoms with Crippen molar-refractivity contribution in [2.24, 2.45) is 4.99 Å². The van der Waals surface area contributed by atoms with Crippen LogP contribution in [0.25, 0.3) is 0 Å². The Balaban J connectivity index is 2.51. The van der Waals surface area contributed by atoms with E-state index in [1.165, 1.54) is 0 Å². The lowest BCUT2D eigenvalue weighted by molar-refractivity contribution is 0.580. The Morgan fingerprint density at radius 1 is 1.50 bits per heavy atom. The van der Waals surface area contributed by atoms with Crippen molar-refractivity contribution in [3.63, 3.8) is 0 Å². The molecule has 0 amide bonds. The molecular formula is C11H10N2S. The summed E-state index contributed by atoms with van der Waals surface area (Å²) in [5.41, 5.74) is 3.42. The van der Waals surface area contributed by atoms with E-state index in [1.54, 1.807) is 11.8 Å². The molecule has 0 saturated carbocycles. The normalized spacial score (nSPS) is 24.9. The quantitative estimate of drug-likeness (QED) is 0.701. The second-order valence-corrected chi connectivity index (χ2v) is 4.31. The van der Waals surface area contributed by atoms with Crippen LogP contribution in [0.5, 0.6) is 0 Å². The Morgan fingerprint density at radius 2 is 2.29 bits per heavy atom. The van der Waals surface area contributed by atoms with Gasteiger partial charge in [-0.3, -0.25) is 4.99 Å². The number of thioether (sulfide) groups is 1. The fraction of sp³-hybridized carbons (Fsp3) is 0.273. The second-order valence-electron chi connectivity index (χ2n) is 3.48. The van der Waals surface area contributed by atoms with Crippen LogP contribution < -0.4 is 0 Å². The second kappa shape index (κ2) is 3.47. The van der Waals surface area contributed by atoms with Gasteiger partial charge in [-0.2, -0.15) is 5.26 Å². The zero-order valence-corrected chi connectivity index (χ0v) is 8.71. The third-order valence-corrected chi connectivity index (χ3v) is 3.39. The maximum Gasteiger partial charge on any atom is 0.0995 e. The number of hydrogen-bond acceptors (Lipinski definition) is 3. The first kappa shape index (κ1) is 9.29. The molecule has 0 fully saturated rings. The molecule has 0 saturated heterocycles. The van der Waals surface area contributed by atoms with Crippen LogP contribution >= 0.6 is 11.8 Å². The summed E-state index contributed by atoms with van der Waals surface area (Å²) in [6.45, 7) is 2.07. The molecule has 0 N–H and O–H groups in total. The molecule has 0 aromatic heterocycles. The predicted molar refractivity (Wildman–Crippen MR) is 59.5 cm³/mol. The molecule has 0 radical (unpaired) electrons. The maximum absolute atomic E-state index is 8.98. The number of nitrogens with zero attached hydrogens (tertiary/aromatic N) is 2. The van der Waals surface area contributed by atoms with Gasteiger partial charge in [-0.25, -0.2) is 0 Å². The van der Waals surface area contributed by atoms with Crippen molar-refractivity contribution in [2.45, 2.75) is 12.5 Å². The maximum atomic E-state index is 8.98. The van der Waals surface area contributed by atoms with Crippen molar-refractivity contribution in [3.05, 3.63) is 35.4 Å². The van der Waals surface area contributed by atoms with Crippen molar-refractivity contribution in [1.29, 1.82) is 5.26 Å². The van der Waals surface area contributed by atoms with Crippen LogP contribution in [0.1, 0.15) is 18.1 Å². The van der Waals surface area contributed by atoms with Crippen LogP contribution in [-0.2, 0) is 5.54 Å². The third kappa shape index (κ3) is 1.42. The van der Waals surface area contributed by atoms with Crippen LogP contribution in [0.3, 0.4) is 0 Å². The highest BCUT2D eigenvalue weighted by Crippen LogP contribution is 2.35. The highest BCUT2D eigenvalue weighted by molar-refractivity contribution is 8.12. The molecule has 1 aliphatic heterocycles. The van der Waals surface area contributed by atoms with Gasteiger partial charge in [-0.1, -0.05) is 18.2 Å². The zero-order valence-electron chi connectivity index (χ0n) is 7.90. The van der Waals surface area contributed by atoms with Gasteiger partial charge in [0.05, 0.1) is 22.7 Å². The SMILES string of the molecule is CC1(c2ccccc2C#N)CSC=N1. The van der Waals surface area contributed by atoms with Crippen LogP contribution in [0.15, 0.2) is 29.3 Å². The van der Waals surface area contributed by atoms with Crippen molar-refractivity contribution >= 4 is 17.3 Å². The lowest BCUT2D eigenvalue weighted by Crippen LogP contribution is -2.20. The topological polar surface area (TPSA) is 36.1 Å². The van der Waals surface area contributed by atoms with Gasteiger partial charge in [0.2, 0.25) is 0 Å². The van der Waals surface area contributed by atoms with Gasteiger partial charge in [-0.05, 0) is 18.6 Å². The summed E-state index contributed by atoms with van der Waals surface area (Å²) in [6, 6.07) is 9.89. The smallest absolute Gasteiger partial charge is 0.0995 e. The Labute approximate surface area is 87.7 Å². The van der Waals surface area contributed by atoms with Crippen molar-refractivity contribution in [3.8, 4) is 6.07 Å². The molecule has 1 unspecified atom stereocenters. The summed E-state index contributed by atoms with van der Waals surface area (Å²) in [5.74, 6) is 0.922. The molecule has 1 aromatic carbocycles. The Morgan fingerprint density at radius 3 is 2.93 bits per heavy atom. The summed E-state index contributed by atoms with van der Waals surface area (Å²) < 4.78 is 0. The van der Waals surface area contributed by atoms with E-state index < -0.39 is 0 Å². The molecule has 70 valence electrons. The van der Waals surface area contributed by atoms with Crippen LogP contribution in [0, 0.1) is 11.3 Å². The number of aliphatic imine (C=N–C) groups is 1. The number of nitriles is 1. The van der Waals surface area contributed by atoms with Crippen LogP contribution in [0.2, 0.25) is 0 Å². The van der Waals surface area contributed by atoms with Crippen molar-refractivity contribution < 1.29 is 0 Å². The molecule has 14 heavy (non-hydrogen) atoms. The predicted octanol–water partition coefficient (Wildman–Crippen LogP) is 2.55. The van der Waals surface area contributed by atoms with Crippen LogP contribution in [-0.4, -0.2) is 11.3 Å². The van der Waals surface area contributed by atoms with E-state index in [1.807, 2.05) is 29.8 Å². The Kier molecular flexibility index (Phi) is 2.30. The number of hydrogen-bond donors (Lipinski definition) is 0. The monoisotopic (exact) mass is 202 g/mol. The summed E-state index contributed by atoms with van der Waals surface area (Å²) in [7, 11) is 0. The fourth-order valence-electron chi connectivity index (χ4n) is 1.59. The molecule has 1 atom stereocenters. The Bertz CT molecular complexity index is 420. The molecule has 3 heteroatoms. The van der Waals surface area contributed by atoms with Gasteiger partial charge in [0.15, 0.2) is 0 Å². The first-order valence-electron chi connectivity index (χ1n) is 4.41. The zero-order chi connectivity index (χ0) is 10.0. The molecule has 1 heterocycles. The molecule has 0 spiro atoms. The summed E-state index contributed by atoms with van der Waals surface area (Å²) in [4.78, 5) is 4.43. The van der Waals surface area contributed by atoms with Crippen LogP contribution in [0.4, 0.5) is 0 Å². The molecule has 2 nitrogen and oxygen atoms in total. The van der Waals surface area contributed by atoms with Crippen molar-refractivity contribution in [1.82, 2.24) is 0 Å². The van der Waals surface area contributed by atoms with Gasteiger partial charge in [0.25, 0.3) is 0 Å². The van der Waals surface area contributed by atoms with Gasteiger partial charge in [-0.15, -0.1) is 11.8 Å². The molecule has 2 rings (SSSR count). The number of benzene rings is 1. The van der Waals surface area contributed by atoms with Gasteiger partial charge in [0.1, 0.15) is 0 Å². The Hall–Kier alpha value is -1.27. The van der Waals surface area contributed by atoms with E-state index >= 15 is 0 Å². The molecule has 1 aromatic rings. The summed E-state index contributed by atoms with van der Waals surface area (Å²) in [5, 5.41) is 8.98. The average molecular weight is 202 g/mol. The van der Waals surface area contributed by atoms with Gasteiger partial charge >= 0.3 is 0 Å². The minimum absolute atomic E-state index is 0.211. The first-order chi connectivity index (χ1) is 6.76. The lowest BCUT2D eigenvalue weighted by Gasteiger charge is -2.21. The lowest BCUT2D eigenvalue weighted by atomic mass is 9.91. The molecular weight excluding hydrogens is 192 g/mol. The molecule has 1 aliphatic rings. The fourth-order valence-corrected chi connectivity index (χ4v) is 2.52. The van der Waals surface area contributed by atoms with E-state index in [0.717, 1.165) is 16.9 Å². The van der Waals surface area contributed by atoms with E-state index in [-0.39, 0.29) is 5.54 Å². The van der Waals surface area contributed by atoms with Crippen molar-refractivity contribution in [2.75, 3.05) is 5.75 Å². The molecule has 0 aliphatic carbocycles. The third-order valence-electron chi connectivity index (χ3n) is 2.40.